The molecule has 0 bridgehead atoms. The van der Waals surface area contributed by atoms with Gasteiger partial charge in [0.15, 0.2) is 0 Å². The van der Waals surface area contributed by atoms with Crippen LogP contribution in [-0.4, -0.2) is 48.4 Å². The molecule has 1 unspecified atom stereocenters. The third-order valence-corrected chi connectivity index (χ3v) is 3.09. The quantitative estimate of drug-likeness (QED) is 0.705. The molecule has 0 aromatic carbocycles. The number of carbonyl (C=O) groups excluding carboxylic acids is 3. The molecular weight excluding hydrogens is 248 g/mol. The van der Waals surface area contributed by atoms with Crippen molar-refractivity contribution in [3.63, 3.8) is 0 Å². The molecule has 1 fully saturated rings. The van der Waals surface area contributed by atoms with E-state index in [0.717, 1.165) is 0 Å². The number of amides is 2. The highest BCUT2D eigenvalue weighted by Gasteiger charge is 2.35. The van der Waals surface area contributed by atoms with E-state index < -0.39 is 0 Å². The highest BCUT2D eigenvalue weighted by atomic mass is 16.5. The van der Waals surface area contributed by atoms with Crippen LogP contribution < -0.4 is 5.32 Å². The first-order chi connectivity index (χ1) is 8.95. The van der Waals surface area contributed by atoms with E-state index in [1.165, 1.54) is 0 Å². The molecule has 0 aromatic heterocycles. The summed E-state index contributed by atoms with van der Waals surface area (Å²) in [4.78, 5) is 36.3. The number of nitrogens with zero attached hydrogens (tertiary/aromatic N) is 1. The summed E-state index contributed by atoms with van der Waals surface area (Å²) in [6.45, 7) is 6.65. The van der Waals surface area contributed by atoms with Gasteiger partial charge in [-0.05, 0) is 20.8 Å². The summed E-state index contributed by atoms with van der Waals surface area (Å²) in [5, 5.41) is 2.68. The van der Waals surface area contributed by atoms with Gasteiger partial charge in [0.1, 0.15) is 0 Å². The maximum atomic E-state index is 11.9. The minimum Gasteiger partial charge on any atom is -0.466 e. The first kappa shape index (κ1) is 15.5. The average molecular weight is 270 g/mol. The van der Waals surface area contributed by atoms with Crippen LogP contribution in [0.25, 0.3) is 0 Å². The van der Waals surface area contributed by atoms with Gasteiger partial charge in [-0.1, -0.05) is 0 Å². The maximum absolute atomic E-state index is 11.9. The molecule has 1 aliphatic rings. The lowest BCUT2D eigenvalue weighted by Crippen LogP contribution is -2.36. The van der Waals surface area contributed by atoms with Crippen LogP contribution in [0.5, 0.6) is 0 Å². The van der Waals surface area contributed by atoms with Gasteiger partial charge >= 0.3 is 5.97 Å². The molecule has 1 saturated heterocycles. The van der Waals surface area contributed by atoms with Crippen LogP contribution in [-0.2, 0) is 19.1 Å². The third-order valence-electron chi connectivity index (χ3n) is 3.09. The molecule has 19 heavy (non-hydrogen) atoms. The van der Waals surface area contributed by atoms with Crippen molar-refractivity contribution in [1.29, 1.82) is 0 Å². The zero-order chi connectivity index (χ0) is 14.4. The summed E-state index contributed by atoms with van der Waals surface area (Å²) >= 11 is 0. The molecule has 0 aliphatic carbocycles. The highest BCUT2D eigenvalue weighted by Crippen LogP contribution is 2.20. The van der Waals surface area contributed by atoms with Crippen molar-refractivity contribution in [2.24, 2.45) is 5.92 Å². The fourth-order valence-electron chi connectivity index (χ4n) is 2.07. The minimum atomic E-state index is -0.325. The Kier molecular flexibility index (Phi) is 5.79. The molecular formula is C13H22N2O4. The molecule has 6 nitrogen and oxygen atoms in total. The predicted molar refractivity (Wildman–Crippen MR) is 69.2 cm³/mol. The van der Waals surface area contributed by atoms with Crippen molar-refractivity contribution in [2.75, 3.05) is 19.7 Å². The lowest BCUT2D eigenvalue weighted by Gasteiger charge is -2.20. The van der Waals surface area contributed by atoms with E-state index in [1.807, 2.05) is 13.8 Å². The largest absolute Gasteiger partial charge is 0.466 e. The Morgan fingerprint density at radius 2 is 2.16 bits per heavy atom. The monoisotopic (exact) mass is 270 g/mol. The number of nitrogens with one attached hydrogen (secondary N) is 1. The summed E-state index contributed by atoms with van der Waals surface area (Å²) in [6, 6.07) is 0.116. The second-order valence-corrected chi connectivity index (χ2v) is 4.89. The van der Waals surface area contributed by atoms with E-state index >= 15 is 0 Å². The number of carbonyl (C=O) groups is 3. The molecule has 6 heteroatoms. The topological polar surface area (TPSA) is 75.7 Å². The highest BCUT2D eigenvalue weighted by molar-refractivity contribution is 5.89. The van der Waals surface area contributed by atoms with Gasteiger partial charge in [0.25, 0.3) is 0 Å². The Labute approximate surface area is 113 Å². The third kappa shape index (κ3) is 4.54. The van der Waals surface area contributed by atoms with Gasteiger partial charge in [-0.3, -0.25) is 14.4 Å². The Morgan fingerprint density at radius 1 is 1.47 bits per heavy atom. The van der Waals surface area contributed by atoms with Crippen molar-refractivity contribution in [3.05, 3.63) is 0 Å². The summed E-state index contributed by atoms with van der Waals surface area (Å²) < 4.78 is 4.76. The van der Waals surface area contributed by atoms with Gasteiger partial charge in [-0.2, -0.15) is 0 Å². The molecule has 0 aromatic rings. The number of ether oxygens (including phenoxy) is 1. The molecule has 1 heterocycles. The van der Waals surface area contributed by atoms with E-state index in [-0.39, 0.29) is 49.1 Å². The minimum absolute atomic E-state index is 0.0144. The number of esters is 1. The number of hydrogen-bond donors (Lipinski definition) is 1. The fourth-order valence-corrected chi connectivity index (χ4v) is 2.07. The van der Waals surface area contributed by atoms with Crippen LogP contribution in [0.3, 0.4) is 0 Å². The van der Waals surface area contributed by atoms with E-state index in [2.05, 4.69) is 5.32 Å². The van der Waals surface area contributed by atoms with Gasteiger partial charge in [-0.25, -0.2) is 0 Å². The van der Waals surface area contributed by atoms with Crippen LogP contribution in [0, 0.1) is 5.92 Å². The van der Waals surface area contributed by atoms with Gasteiger partial charge in [0, 0.05) is 25.6 Å². The maximum Gasteiger partial charge on any atom is 0.307 e. The molecule has 0 spiro atoms. The van der Waals surface area contributed by atoms with E-state index in [1.54, 1.807) is 11.8 Å². The molecule has 1 N–H and O–H groups in total. The van der Waals surface area contributed by atoms with Crippen LogP contribution in [0.1, 0.15) is 33.6 Å². The Hall–Kier alpha value is -1.59. The summed E-state index contributed by atoms with van der Waals surface area (Å²) in [5.74, 6) is -0.785. The van der Waals surface area contributed by atoms with Gasteiger partial charge in [0.2, 0.25) is 11.8 Å². The number of rotatable bonds is 6. The molecule has 2 amide bonds. The Bertz CT molecular complexity index is 355. The SMILES string of the molecule is CCOC(=O)CCNC(=O)C1CC(=O)N(C(C)C)C1. The molecule has 0 radical (unpaired) electrons. The second kappa shape index (κ2) is 7.11. The normalized spacial score (nSPS) is 18.8. The van der Waals surface area contributed by atoms with E-state index in [0.29, 0.717) is 13.2 Å². The first-order valence-corrected chi connectivity index (χ1v) is 6.68. The zero-order valence-corrected chi connectivity index (χ0v) is 11.8. The fraction of sp³-hybridized carbons (Fsp3) is 0.769. The van der Waals surface area contributed by atoms with Crippen molar-refractivity contribution >= 4 is 17.8 Å². The lowest BCUT2D eigenvalue weighted by molar-refractivity contribution is -0.143. The molecule has 108 valence electrons. The van der Waals surface area contributed by atoms with Gasteiger partial charge < -0.3 is 15.0 Å². The van der Waals surface area contributed by atoms with Crippen molar-refractivity contribution < 1.29 is 19.1 Å². The van der Waals surface area contributed by atoms with Crippen LogP contribution in [0.2, 0.25) is 0 Å². The summed E-state index contributed by atoms with van der Waals surface area (Å²) in [5.41, 5.74) is 0. The van der Waals surface area contributed by atoms with Crippen molar-refractivity contribution in [3.8, 4) is 0 Å². The van der Waals surface area contributed by atoms with E-state index in [4.69, 9.17) is 4.74 Å². The smallest absolute Gasteiger partial charge is 0.307 e. The van der Waals surface area contributed by atoms with Crippen LogP contribution >= 0.6 is 0 Å². The van der Waals surface area contributed by atoms with E-state index in [9.17, 15) is 14.4 Å². The van der Waals surface area contributed by atoms with Crippen LogP contribution in [0.4, 0.5) is 0 Å². The van der Waals surface area contributed by atoms with Gasteiger partial charge in [0.05, 0.1) is 18.9 Å². The standard InChI is InChI=1S/C13H22N2O4/c1-4-19-12(17)5-6-14-13(18)10-7-11(16)15(8-10)9(2)3/h9-10H,4-8H2,1-3H3,(H,14,18). The van der Waals surface area contributed by atoms with Crippen LogP contribution in [0.15, 0.2) is 0 Å². The van der Waals surface area contributed by atoms with Crippen molar-refractivity contribution in [2.45, 2.75) is 39.7 Å². The Balaban J connectivity index is 2.31. The number of hydrogen-bond acceptors (Lipinski definition) is 4. The summed E-state index contributed by atoms with van der Waals surface area (Å²) in [7, 11) is 0. The molecule has 1 aliphatic heterocycles. The molecule has 1 rings (SSSR count). The Morgan fingerprint density at radius 3 is 2.68 bits per heavy atom. The summed E-state index contributed by atoms with van der Waals surface area (Å²) in [6.07, 6.45) is 0.414. The lowest BCUT2D eigenvalue weighted by atomic mass is 10.1. The van der Waals surface area contributed by atoms with Crippen molar-refractivity contribution in [1.82, 2.24) is 10.2 Å². The predicted octanol–water partition coefficient (Wildman–Crippen LogP) is 0.313. The molecule has 0 saturated carbocycles. The number of likely N-dealkylation sites (tertiary alicyclic amines) is 1. The zero-order valence-electron chi connectivity index (χ0n) is 11.8. The molecule has 1 atom stereocenters. The first-order valence-electron chi connectivity index (χ1n) is 6.68. The van der Waals surface area contributed by atoms with Gasteiger partial charge in [-0.15, -0.1) is 0 Å². The average Bonchev–Trinajstić information content (AvgIpc) is 2.71. The second-order valence-electron chi connectivity index (χ2n) is 4.89.